The van der Waals surface area contributed by atoms with Crippen molar-refractivity contribution < 1.29 is 13.2 Å². The number of anilines is 1. The summed E-state index contributed by atoms with van der Waals surface area (Å²) in [6.45, 7) is 4.14. The number of benzene rings is 1. The first-order chi connectivity index (χ1) is 9.37. The van der Waals surface area contributed by atoms with Gasteiger partial charge >= 0.3 is 0 Å². The molecule has 112 valence electrons. The lowest BCUT2D eigenvalue weighted by Gasteiger charge is -2.13. The van der Waals surface area contributed by atoms with Crippen LogP contribution in [0.5, 0.6) is 0 Å². The number of hydrogen-bond donors (Lipinski definition) is 1. The normalized spacial score (nSPS) is 12.9. The molecule has 5 heteroatoms. The van der Waals surface area contributed by atoms with Crippen molar-refractivity contribution in [2.24, 2.45) is 5.92 Å². The van der Waals surface area contributed by atoms with E-state index >= 15 is 0 Å². The standard InChI is InChI=1S/C15H23NO3S/c1-4-6-7-12(5-2)15(17)13-8-10-14(11-9-13)16-20(3,18)19/h8-12,16H,4-7H2,1-3H3. The van der Waals surface area contributed by atoms with Gasteiger partial charge in [-0.1, -0.05) is 26.7 Å². The predicted molar refractivity (Wildman–Crippen MR) is 82.5 cm³/mol. The average Bonchev–Trinajstić information content (AvgIpc) is 2.38. The monoisotopic (exact) mass is 297 g/mol. The van der Waals surface area contributed by atoms with Crippen LogP contribution >= 0.6 is 0 Å². The van der Waals surface area contributed by atoms with E-state index in [0.29, 0.717) is 11.3 Å². The van der Waals surface area contributed by atoms with E-state index < -0.39 is 10.0 Å². The van der Waals surface area contributed by atoms with Crippen molar-refractivity contribution >= 4 is 21.5 Å². The van der Waals surface area contributed by atoms with Crippen molar-refractivity contribution in [3.8, 4) is 0 Å². The summed E-state index contributed by atoms with van der Waals surface area (Å²) in [6.07, 6.45) is 4.99. The molecular formula is C15H23NO3S. The van der Waals surface area contributed by atoms with Crippen LogP contribution in [0.15, 0.2) is 24.3 Å². The number of unbranched alkanes of at least 4 members (excludes halogenated alkanes) is 1. The fraction of sp³-hybridized carbons (Fsp3) is 0.533. The first-order valence-electron chi connectivity index (χ1n) is 6.99. The third-order valence-corrected chi connectivity index (χ3v) is 3.85. The molecule has 0 aliphatic heterocycles. The molecule has 1 aromatic carbocycles. The summed E-state index contributed by atoms with van der Waals surface area (Å²) >= 11 is 0. The Morgan fingerprint density at radius 3 is 2.25 bits per heavy atom. The Morgan fingerprint density at radius 2 is 1.80 bits per heavy atom. The van der Waals surface area contributed by atoms with Crippen LogP contribution < -0.4 is 4.72 Å². The maximum absolute atomic E-state index is 12.3. The minimum Gasteiger partial charge on any atom is -0.294 e. The molecule has 0 bridgehead atoms. The number of carbonyl (C=O) groups excluding carboxylic acids is 1. The third kappa shape index (κ3) is 5.33. The van der Waals surface area contributed by atoms with Crippen molar-refractivity contribution in [2.75, 3.05) is 11.0 Å². The first kappa shape index (κ1) is 16.7. The summed E-state index contributed by atoms with van der Waals surface area (Å²) in [6, 6.07) is 6.62. The van der Waals surface area contributed by atoms with Crippen LogP contribution in [0, 0.1) is 5.92 Å². The molecule has 1 rings (SSSR count). The molecule has 1 atom stereocenters. The number of Topliss-reactive ketones (excluding diaryl/α,β-unsaturated/α-hetero) is 1. The van der Waals surface area contributed by atoms with Crippen molar-refractivity contribution in [2.45, 2.75) is 39.5 Å². The molecule has 0 saturated heterocycles. The summed E-state index contributed by atoms with van der Waals surface area (Å²) in [5, 5.41) is 0. The molecule has 1 aromatic rings. The SMILES string of the molecule is CCCCC(CC)C(=O)c1ccc(NS(C)(=O)=O)cc1. The zero-order chi connectivity index (χ0) is 15.2. The van der Waals surface area contributed by atoms with Crippen molar-refractivity contribution in [3.63, 3.8) is 0 Å². The van der Waals surface area contributed by atoms with Gasteiger partial charge in [0.1, 0.15) is 0 Å². The minimum absolute atomic E-state index is 0.0590. The highest BCUT2D eigenvalue weighted by molar-refractivity contribution is 7.92. The van der Waals surface area contributed by atoms with Crippen LogP contribution in [-0.4, -0.2) is 20.5 Å². The lowest BCUT2D eigenvalue weighted by atomic mass is 9.90. The molecule has 4 nitrogen and oxygen atoms in total. The number of carbonyl (C=O) groups is 1. The van der Waals surface area contributed by atoms with Gasteiger partial charge in [-0.15, -0.1) is 0 Å². The zero-order valence-electron chi connectivity index (χ0n) is 12.3. The average molecular weight is 297 g/mol. The third-order valence-electron chi connectivity index (χ3n) is 3.24. The molecule has 0 fully saturated rings. The summed E-state index contributed by atoms with van der Waals surface area (Å²) in [5.41, 5.74) is 1.12. The predicted octanol–water partition coefficient (Wildman–Crippen LogP) is 3.46. The highest BCUT2D eigenvalue weighted by Gasteiger charge is 2.17. The first-order valence-corrected chi connectivity index (χ1v) is 8.88. The number of ketones is 1. The highest BCUT2D eigenvalue weighted by atomic mass is 32.2. The largest absolute Gasteiger partial charge is 0.294 e. The summed E-state index contributed by atoms with van der Waals surface area (Å²) in [5.74, 6) is 0.204. The summed E-state index contributed by atoms with van der Waals surface area (Å²) in [7, 11) is -3.28. The fourth-order valence-corrected chi connectivity index (χ4v) is 2.69. The minimum atomic E-state index is -3.28. The molecule has 0 spiro atoms. The molecule has 0 aromatic heterocycles. The Morgan fingerprint density at radius 1 is 1.20 bits per heavy atom. The number of hydrogen-bond acceptors (Lipinski definition) is 3. The van der Waals surface area contributed by atoms with Gasteiger partial charge in [0.15, 0.2) is 5.78 Å². The Hall–Kier alpha value is -1.36. The topological polar surface area (TPSA) is 63.2 Å². The maximum atomic E-state index is 12.3. The van der Waals surface area contributed by atoms with Crippen LogP contribution in [0.25, 0.3) is 0 Å². The quantitative estimate of drug-likeness (QED) is 0.747. The molecule has 0 saturated carbocycles. The van der Waals surface area contributed by atoms with E-state index in [1.54, 1.807) is 24.3 Å². The number of nitrogens with one attached hydrogen (secondary N) is 1. The molecule has 0 radical (unpaired) electrons. The maximum Gasteiger partial charge on any atom is 0.229 e. The highest BCUT2D eigenvalue weighted by Crippen LogP contribution is 2.20. The van der Waals surface area contributed by atoms with E-state index in [4.69, 9.17) is 0 Å². The molecule has 1 N–H and O–H groups in total. The number of rotatable bonds is 8. The van der Waals surface area contributed by atoms with Gasteiger partial charge < -0.3 is 0 Å². The van der Waals surface area contributed by atoms with Crippen LogP contribution in [0.1, 0.15) is 49.9 Å². The molecular weight excluding hydrogens is 274 g/mol. The van der Waals surface area contributed by atoms with Crippen molar-refractivity contribution in [1.29, 1.82) is 0 Å². The van der Waals surface area contributed by atoms with Gasteiger partial charge in [-0.25, -0.2) is 8.42 Å². The Labute approximate surface area is 121 Å². The van der Waals surface area contributed by atoms with Gasteiger partial charge in [0.25, 0.3) is 0 Å². The van der Waals surface area contributed by atoms with E-state index in [1.807, 2.05) is 6.92 Å². The van der Waals surface area contributed by atoms with Crippen molar-refractivity contribution in [3.05, 3.63) is 29.8 Å². The molecule has 0 aliphatic carbocycles. The van der Waals surface area contributed by atoms with Crippen molar-refractivity contribution in [1.82, 2.24) is 0 Å². The molecule has 1 unspecified atom stereocenters. The molecule has 0 aliphatic rings. The lowest BCUT2D eigenvalue weighted by Crippen LogP contribution is -2.14. The molecule has 0 amide bonds. The Kier molecular flexibility index (Phi) is 6.20. The van der Waals surface area contributed by atoms with E-state index in [0.717, 1.165) is 31.9 Å². The Bertz CT molecular complexity index is 535. The lowest BCUT2D eigenvalue weighted by molar-refractivity contribution is 0.0908. The van der Waals surface area contributed by atoms with Gasteiger partial charge in [0.05, 0.1) is 6.26 Å². The van der Waals surface area contributed by atoms with Crippen LogP contribution in [0.2, 0.25) is 0 Å². The van der Waals surface area contributed by atoms with Gasteiger partial charge in [0, 0.05) is 17.2 Å². The molecule has 0 heterocycles. The second-order valence-corrected chi connectivity index (χ2v) is 6.81. The van der Waals surface area contributed by atoms with E-state index in [9.17, 15) is 13.2 Å². The van der Waals surface area contributed by atoms with Gasteiger partial charge in [-0.3, -0.25) is 9.52 Å². The van der Waals surface area contributed by atoms with E-state index in [1.165, 1.54) is 0 Å². The van der Waals surface area contributed by atoms with Crippen LogP contribution in [0.4, 0.5) is 5.69 Å². The second kappa shape index (κ2) is 7.43. The fourth-order valence-electron chi connectivity index (χ4n) is 2.12. The zero-order valence-corrected chi connectivity index (χ0v) is 13.2. The van der Waals surface area contributed by atoms with Gasteiger partial charge in [-0.2, -0.15) is 0 Å². The second-order valence-electron chi connectivity index (χ2n) is 5.06. The van der Waals surface area contributed by atoms with Gasteiger partial charge in [-0.05, 0) is 37.1 Å². The van der Waals surface area contributed by atoms with E-state index in [2.05, 4.69) is 11.6 Å². The van der Waals surface area contributed by atoms with Gasteiger partial charge in [0.2, 0.25) is 10.0 Å². The van der Waals surface area contributed by atoms with Crippen LogP contribution in [-0.2, 0) is 10.0 Å². The van der Waals surface area contributed by atoms with E-state index in [-0.39, 0.29) is 11.7 Å². The Balaban J connectivity index is 2.79. The molecule has 20 heavy (non-hydrogen) atoms. The summed E-state index contributed by atoms with van der Waals surface area (Å²) < 4.78 is 24.6. The smallest absolute Gasteiger partial charge is 0.229 e. The summed E-state index contributed by atoms with van der Waals surface area (Å²) in [4.78, 5) is 12.3. The number of sulfonamides is 1. The van der Waals surface area contributed by atoms with Crippen LogP contribution in [0.3, 0.4) is 0 Å².